The van der Waals surface area contributed by atoms with Gasteiger partial charge in [-0.2, -0.15) is 0 Å². The molecule has 0 fully saturated rings. The molecule has 0 spiro atoms. The molecule has 6 heterocycles. The van der Waals surface area contributed by atoms with Crippen molar-refractivity contribution in [1.29, 1.82) is 0 Å². The first kappa shape index (κ1) is 33.1. The molecule has 6 aromatic heterocycles. The van der Waals surface area contributed by atoms with Crippen molar-refractivity contribution in [2.45, 2.75) is 6.92 Å². The van der Waals surface area contributed by atoms with Crippen LogP contribution in [0.15, 0.2) is 193 Å². The Morgan fingerprint density at radius 1 is 0.475 bits per heavy atom. The Labute approximate surface area is 338 Å². The zero-order valence-electron chi connectivity index (χ0n) is 32.0. The third-order valence-corrected chi connectivity index (χ3v) is 11.5. The molecule has 6 aromatic carbocycles. The van der Waals surface area contributed by atoms with E-state index >= 15 is 0 Å². The van der Waals surface area contributed by atoms with Gasteiger partial charge in [0.05, 0.1) is 27.8 Å². The summed E-state index contributed by atoms with van der Waals surface area (Å²) in [4.78, 5) is 16.8. The van der Waals surface area contributed by atoms with Crippen LogP contribution in [0.3, 0.4) is 0 Å². The highest BCUT2D eigenvalue weighted by Crippen LogP contribution is 2.46. The second kappa shape index (κ2) is 13.0. The number of aromatic nitrogens is 5. The summed E-state index contributed by atoms with van der Waals surface area (Å²) in [6.07, 6.45) is 3.69. The molecule has 59 heavy (non-hydrogen) atoms. The van der Waals surface area contributed by atoms with Crippen molar-refractivity contribution < 1.29 is 4.42 Å². The summed E-state index contributed by atoms with van der Waals surface area (Å²) in [7, 11) is 0. The number of benzene rings is 6. The van der Waals surface area contributed by atoms with Crippen LogP contribution in [0.1, 0.15) is 5.69 Å². The number of fused-ring (bicyclic) bond motifs is 10. The highest BCUT2D eigenvalue weighted by Gasteiger charge is 2.24. The van der Waals surface area contributed by atoms with Crippen molar-refractivity contribution in [3.8, 4) is 22.8 Å². The van der Waals surface area contributed by atoms with Gasteiger partial charge in [-0.05, 0) is 110 Å². The lowest BCUT2D eigenvalue weighted by atomic mass is 10.0. The van der Waals surface area contributed by atoms with E-state index in [1.807, 2.05) is 49.6 Å². The van der Waals surface area contributed by atoms with Gasteiger partial charge in [-0.1, -0.05) is 72.8 Å². The number of nitrogens with zero attached hydrogens (tertiary/aromatic N) is 6. The zero-order valence-corrected chi connectivity index (χ0v) is 32.0. The highest BCUT2D eigenvalue weighted by atomic mass is 16.3. The van der Waals surface area contributed by atoms with Gasteiger partial charge in [0.2, 0.25) is 5.71 Å². The lowest BCUT2D eigenvalue weighted by Gasteiger charge is -2.26. The Morgan fingerprint density at radius 3 is 1.95 bits per heavy atom. The fourth-order valence-electron chi connectivity index (χ4n) is 8.98. The molecule has 0 amide bonds. The number of anilines is 3. The van der Waals surface area contributed by atoms with Crippen LogP contribution in [0.25, 0.3) is 88.4 Å². The maximum absolute atomic E-state index is 6.53. The Kier molecular flexibility index (Phi) is 7.31. The minimum Gasteiger partial charge on any atom is -0.437 e. The lowest BCUT2D eigenvalue weighted by molar-refractivity contribution is 0.653. The molecule has 0 aliphatic carbocycles. The molecule has 278 valence electrons. The van der Waals surface area contributed by atoms with Crippen molar-refractivity contribution >= 4 is 82.7 Å². The van der Waals surface area contributed by atoms with Crippen LogP contribution < -0.4 is 4.90 Å². The molecular weight excluding hydrogens is 725 g/mol. The van der Waals surface area contributed by atoms with Crippen LogP contribution in [0.2, 0.25) is 0 Å². The molecule has 7 nitrogen and oxygen atoms in total. The first-order valence-corrected chi connectivity index (χ1v) is 19.8. The summed E-state index contributed by atoms with van der Waals surface area (Å²) in [5.74, 6) is 0.855. The summed E-state index contributed by atoms with van der Waals surface area (Å²) in [6.45, 7) is 1.99. The Hall–Kier alpha value is -8.03. The zero-order chi connectivity index (χ0) is 39.0. The molecule has 0 atom stereocenters. The molecule has 0 radical (unpaired) electrons. The standard InChI is InChI=1S/C52H34N6O/c1-33-22-24-38-41-30-37(31-42(43-19-10-12-28-53-43)51(41)59-52(38)55-33)56(34-14-4-2-5-15-34)36-23-25-40-47(32-36)58(48-21-11-13-29-54-48)46-27-26-45-49(50(40)46)39-18-8-9-20-44(39)57(45)35-16-6-3-7-17-35/h2-32H,1H3. The number of hydrogen-bond donors (Lipinski definition) is 0. The molecule has 7 heteroatoms. The molecule has 0 aliphatic heterocycles. The molecule has 0 bridgehead atoms. The van der Waals surface area contributed by atoms with E-state index in [1.54, 1.807) is 0 Å². The Bertz CT molecular complexity index is 3560. The van der Waals surface area contributed by atoms with Gasteiger partial charge in [0, 0.05) is 78.7 Å². The molecule has 12 aromatic rings. The van der Waals surface area contributed by atoms with E-state index in [4.69, 9.17) is 19.4 Å². The third-order valence-electron chi connectivity index (χ3n) is 11.5. The smallest absolute Gasteiger partial charge is 0.227 e. The molecule has 0 aliphatic rings. The summed E-state index contributed by atoms with van der Waals surface area (Å²) < 4.78 is 11.2. The number of para-hydroxylation sites is 3. The fourth-order valence-corrected chi connectivity index (χ4v) is 8.98. The number of furan rings is 1. The molecule has 0 saturated carbocycles. The van der Waals surface area contributed by atoms with Crippen molar-refractivity contribution in [2.24, 2.45) is 0 Å². The van der Waals surface area contributed by atoms with Crippen molar-refractivity contribution in [3.05, 3.63) is 194 Å². The van der Waals surface area contributed by atoms with Crippen molar-refractivity contribution in [1.82, 2.24) is 24.1 Å². The largest absolute Gasteiger partial charge is 0.437 e. The van der Waals surface area contributed by atoms with Gasteiger partial charge in [0.15, 0.2) is 0 Å². The first-order chi connectivity index (χ1) is 29.2. The second-order valence-corrected chi connectivity index (χ2v) is 14.9. The van der Waals surface area contributed by atoms with Gasteiger partial charge < -0.3 is 13.9 Å². The topological polar surface area (TPSA) is 64.9 Å². The van der Waals surface area contributed by atoms with Crippen LogP contribution >= 0.6 is 0 Å². The summed E-state index contributed by atoms with van der Waals surface area (Å²) in [6, 6.07) is 61.9. The minimum atomic E-state index is 0.613. The van der Waals surface area contributed by atoms with Crippen LogP contribution in [0.4, 0.5) is 17.1 Å². The average Bonchev–Trinajstić information content (AvgIpc) is 3.94. The molecule has 0 saturated heterocycles. The van der Waals surface area contributed by atoms with E-state index in [0.29, 0.717) is 5.71 Å². The number of pyridine rings is 3. The number of rotatable bonds is 6. The van der Waals surface area contributed by atoms with Gasteiger partial charge in [-0.25, -0.2) is 9.97 Å². The predicted molar refractivity (Wildman–Crippen MR) is 241 cm³/mol. The van der Waals surface area contributed by atoms with Gasteiger partial charge in [0.1, 0.15) is 11.4 Å². The highest BCUT2D eigenvalue weighted by molar-refractivity contribution is 6.29. The molecule has 0 unspecified atom stereocenters. The van der Waals surface area contributed by atoms with E-state index in [9.17, 15) is 0 Å². The second-order valence-electron chi connectivity index (χ2n) is 14.9. The van der Waals surface area contributed by atoms with Crippen LogP contribution in [0, 0.1) is 6.92 Å². The predicted octanol–water partition coefficient (Wildman–Crippen LogP) is 13.4. The number of hydrogen-bond acceptors (Lipinski definition) is 5. The van der Waals surface area contributed by atoms with E-state index in [0.717, 1.165) is 83.8 Å². The van der Waals surface area contributed by atoms with E-state index in [1.165, 1.54) is 21.7 Å². The number of aryl methyl sites for hydroxylation is 1. The van der Waals surface area contributed by atoms with Crippen LogP contribution in [-0.2, 0) is 0 Å². The maximum atomic E-state index is 6.53. The summed E-state index contributed by atoms with van der Waals surface area (Å²) in [5.41, 5.74) is 12.6. The normalized spacial score (nSPS) is 11.8. The SMILES string of the molecule is Cc1ccc2c(n1)oc1c(-c3ccccn3)cc(N(c3ccccc3)c3ccc4c5c6c7ccccc7n(-c7ccccc7)c6ccc5n(-c5ccccn5)c4c3)cc12. The molecule has 0 N–H and O–H groups in total. The quantitative estimate of drug-likeness (QED) is 0.169. The monoisotopic (exact) mass is 758 g/mol. The Balaban J connectivity index is 1.17. The summed E-state index contributed by atoms with van der Waals surface area (Å²) >= 11 is 0. The summed E-state index contributed by atoms with van der Waals surface area (Å²) in [5, 5.41) is 6.71. The maximum Gasteiger partial charge on any atom is 0.227 e. The average molecular weight is 759 g/mol. The van der Waals surface area contributed by atoms with E-state index < -0.39 is 0 Å². The van der Waals surface area contributed by atoms with E-state index in [2.05, 4.69) is 160 Å². The minimum absolute atomic E-state index is 0.613. The lowest BCUT2D eigenvalue weighted by Crippen LogP contribution is -2.10. The van der Waals surface area contributed by atoms with Crippen molar-refractivity contribution in [3.63, 3.8) is 0 Å². The van der Waals surface area contributed by atoms with Gasteiger partial charge in [0.25, 0.3) is 0 Å². The van der Waals surface area contributed by atoms with Gasteiger partial charge >= 0.3 is 0 Å². The van der Waals surface area contributed by atoms with Crippen LogP contribution in [-0.4, -0.2) is 24.1 Å². The third kappa shape index (κ3) is 5.11. The molecule has 12 rings (SSSR count). The van der Waals surface area contributed by atoms with Crippen LogP contribution in [0.5, 0.6) is 0 Å². The van der Waals surface area contributed by atoms with Gasteiger partial charge in [-0.15, -0.1) is 0 Å². The van der Waals surface area contributed by atoms with E-state index in [-0.39, 0.29) is 0 Å². The Morgan fingerprint density at radius 2 is 1.17 bits per heavy atom. The van der Waals surface area contributed by atoms with Crippen molar-refractivity contribution in [2.75, 3.05) is 4.90 Å². The van der Waals surface area contributed by atoms with Gasteiger partial charge in [-0.3, -0.25) is 9.55 Å². The molecular formula is C52H34N6O. The fraction of sp³-hybridized carbons (Fsp3) is 0.0192. The first-order valence-electron chi connectivity index (χ1n) is 19.8.